The Morgan fingerprint density at radius 3 is 1.29 bits per heavy atom. The summed E-state index contributed by atoms with van der Waals surface area (Å²) in [6, 6.07) is 23.0. The first kappa shape index (κ1) is 25.2. The van der Waals surface area contributed by atoms with Gasteiger partial charge in [0.05, 0.1) is 24.3 Å². The predicted molar refractivity (Wildman–Crippen MR) is 137 cm³/mol. The molecule has 0 fully saturated rings. The molecule has 0 aliphatic heterocycles. The maximum absolute atomic E-state index is 13.5. The number of hydrogen-bond donors (Lipinski definition) is 0. The third-order valence-electron chi connectivity index (χ3n) is 5.75. The highest BCUT2D eigenvalue weighted by molar-refractivity contribution is 6.11. The van der Waals surface area contributed by atoms with Gasteiger partial charge in [0.25, 0.3) is 0 Å². The van der Waals surface area contributed by atoms with E-state index in [9.17, 15) is 9.59 Å². The Bertz CT molecular complexity index is 971. The minimum Gasteiger partial charge on any atom is -0.462 e. The van der Waals surface area contributed by atoms with Crippen LogP contribution >= 0.6 is 0 Å². The molecule has 0 amide bonds. The number of benzene rings is 3. The van der Waals surface area contributed by atoms with Crippen molar-refractivity contribution in [1.29, 1.82) is 0 Å². The van der Waals surface area contributed by atoms with Crippen molar-refractivity contribution in [3.8, 4) is 22.3 Å². The lowest BCUT2D eigenvalue weighted by Crippen LogP contribution is -2.18. The average Bonchev–Trinajstić information content (AvgIpc) is 2.89. The SMILES string of the molecule is CCCCCOC(=O)c1c(-c2ccccc2)ccc(-c2ccccc2)c1C(=O)OCCCCC. The molecule has 3 aromatic rings. The van der Waals surface area contributed by atoms with Crippen LogP contribution < -0.4 is 0 Å². The summed E-state index contributed by atoms with van der Waals surface area (Å²) in [7, 11) is 0. The summed E-state index contributed by atoms with van der Waals surface area (Å²) in [4.78, 5) is 26.9. The van der Waals surface area contributed by atoms with Gasteiger partial charge in [0.15, 0.2) is 0 Å². The van der Waals surface area contributed by atoms with Crippen LogP contribution in [0.2, 0.25) is 0 Å². The van der Waals surface area contributed by atoms with E-state index in [2.05, 4.69) is 13.8 Å². The zero-order valence-corrected chi connectivity index (χ0v) is 20.2. The van der Waals surface area contributed by atoms with Crippen LogP contribution in [0.25, 0.3) is 22.3 Å². The third kappa shape index (κ3) is 6.57. The van der Waals surface area contributed by atoms with Crippen molar-refractivity contribution in [2.45, 2.75) is 52.4 Å². The minimum atomic E-state index is -0.492. The van der Waals surface area contributed by atoms with Gasteiger partial charge in [-0.1, -0.05) is 112 Å². The molecule has 0 bridgehead atoms. The van der Waals surface area contributed by atoms with Crippen LogP contribution in [-0.4, -0.2) is 25.2 Å². The highest BCUT2D eigenvalue weighted by atomic mass is 16.5. The molecule has 0 atom stereocenters. The zero-order chi connectivity index (χ0) is 24.2. The zero-order valence-electron chi connectivity index (χ0n) is 20.2. The molecule has 3 rings (SSSR count). The molecule has 0 unspecified atom stereocenters. The lowest BCUT2D eigenvalue weighted by atomic mass is 9.89. The van der Waals surface area contributed by atoms with Gasteiger partial charge in [0, 0.05) is 0 Å². The van der Waals surface area contributed by atoms with Gasteiger partial charge in [-0.3, -0.25) is 0 Å². The highest BCUT2D eigenvalue weighted by Crippen LogP contribution is 2.35. The maximum Gasteiger partial charge on any atom is 0.339 e. The van der Waals surface area contributed by atoms with E-state index in [0.717, 1.165) is 49.7 Å². The molecule has 0 aliphatic rings. The average molecular weight is 459 g/mol. The maximum atomic E-state index is 13.5. The lowest BCUT2D eigenvalue weighted by Gasteiger charge is -2.18. The van der Waals surface area contributed by atoms with Crippen LogP contribution in [0.15, 0.2) is 72.8 Å². The van der Waals surface area contributed by atoms with E-state index >= 15 is 0 Å². The fourth-order valence-corrected chi connectivity index (χ4v) is 3.92. The van der Waals surface area contributed by atoms with E-state index in [4.69, 9.17) is 9.47 Å². The summed E-state index contributed by atoms with van der Waals surface area (Å²) in [5.41, 5.74) is 3.57. The molecule has 0 radical (unpaired) electrons. The number of esters is 2. The van der Waals surface area contributed by atoms with E-state index in [-0.39, 0.29) is 11.1 Å². The van der Waals surface area contributed by atoms with Gasteiger partial charge >= 0.3 is 11.9 Å². The number of ether oxygens (including phenoxy) is 2. The van der Waals surface area contributed by atoms with E-state index < -0.39 is 11.9 Å². The van der Waals surface area contributed by atoms with E-state index in [1.165, 1.54) is 0 Å². The summed E-state index contributed by atoms with van der Waals surface area (Å²) in [5, 5.41) is 0. The Labute approximate surface area is 202 Å². The van der Waals surface area contributed by atoms with Crippen LogP contribution in [0.3, 0.4) is 0 Å². The van der Waals surface area contributed by atoms with Crippen molar-refractivity contribution >= 4 is 11.9 Å². The van der Waals surface area contributed by atoms with Crippen molar-refractivity contribution in [1.82, 2.24) is 0 Å². The molecule has 0 saturated carbocycles. The van der Waals surface area contributed by atoms with Gasteiger partial charge in [-0.2, -0.15) is 0 Å². The highest BCUT2D eigenvalue weighted by Gasteiger charge is 2.28. The Hall–Kier alpha value is -3.40. The largest absolute Gasteiger partial charge is 0.462 e. The number of rotatable bonds is 12. The smallest absolute Gasteiger partial charge is 0.339 e. The molecule has 4 heteroatoms. The molecule has 0 spiro atoms. The topological polar surface area (TPSA) is 52.6 Å². The first-order chi connectivity index (χ1) is 16.7. The first-order valence-corrected chi connectivity index (χ1v) is 12.3. The van der Waals surface area contributed by atoms with Crippen molar-refractivity contribution in [3.63, 3.8) is 0 Å². The molecular weight excluding hydrogens is 424 g/mol. The van der Waals surface area contributed by atoms with Crippen LogP contribution in [-0.2, 0) is 9.47 Å². The summed E-state index contributed by atoms with van der Waals surface area (Å²) in [5.74, 6) is -0.985. The standard InChI is InChI=1S/C30H34O4/c1-3-5-13-21-33-29(31)27-25(23-15-9-7-10-16-23)19-20-26(24-17-11-8-12-18-24)28(27)30(32)34-22-14-6-4-2/h7-12,15-20H,3-6,13-14,21-22H2,1-2H3. The van der Waals surface area contributed by atoms with Crippen molar-refractivity contribution in [2.75, 3.05) is 13.2 Å². The summed E-state index contributed by atoms with van der Waals surface area (Å²) in [6.45, 7) is 4.85. The number of carbonyl (C=O) groups is 2. The fourth-order valence-electron chi connectivity index (χ4n) is 3.92. The summed E-state index contributed by atoms with van der Waals surface area (Å²) >= 11 is 0. The first-order valence-electron chi connectivity index (χ1n) is 12.3. The Balaban J connectivity index is 2.12. The van der Waals surface area contributed by atoms with Crippen molar-refractivity contribution in [3.05, 3.63) is 83.9 Å². The number of carbonyl (C=O) groups excluding carboxylic acids is 2. The van der Waals surface area contributed by atoms with Crippen LogP contribution in [0.5, 0.6) is 0 Å². The lowest BCUT2D eigenvalue weighted by molar-refractivity contribution is 0.0452. The monoisotopic (exact) mass is 458 g/mol. The van der Waals surface area contributed by atoms with Gasteiger partial charge < -0.3 is 9.47 Å². The number of hydrogen-bond acceptors (Lipinski definition) is 4. The predicted octanol–water partition coefficient (Wildman–Crippen LogP) is 7.71. The molecule has 34 heavy (non-hydrogen) atoms. The van der Waals surface area contributed by atoms with E-state index in [0.29, 0.717) is 24.3 Å². The van der Waals surface area contributed by atoms with Crippen LogP contribution in [0.1, 0.15) is 73.1 Å². The fraction of sp³-hybridized carbons (Fsp3) is 0.333. The third-order valence-corrected chi connectivity index (χ3v) is 5.75. The van der Waals surface area contributed by atoms with Crippen LogP contribution in [0.4, 0.5) is 0 Å². The van der Waals surface area contributed by atoms with Crippen molar-refractivity contribution in [2.24, 2.45) is 0 Å². The van der Waals surface area contributed by atoms with Gasteiger partial charge in [0.2, 0.25) is 0 Å². The molecule has 178 valence electrons. The molecule has 0 aliphatic carbocycles. The Morgan fingerprint density at radius 1 is 0.559 bits per heavy atom. The van der Waals surface area contributed by atoms with Gasteiger partial charge in [-0.05, 0) is 35.1 Å². The molecule has 0 N–H and O–H groups in total. The quantitative estimate of drug-likeness (QED) is 0.206. The molecule has 3 aromatic carbocycles. The molecule has 0 saturated heterocycles. The molecule has 4 nitrogen and oxygen atoms in total. The molecular formula is C30H34O4. The van der Waals surface area contributed by atoms with Gasteiger partial charge in [0.1, 0.15) is 0 Å². The molecule has 0 aromatic heterocycles. The second kappa shape index (κ2) is 13.3. The number of unbranched alkanes of at least 4 members (excludes halogenated alkanes) is 4. The normalized spacial score (nSPS) is 10.6. The van der Waals surface area contributed by atoms with E-state index in [1.54, 1.807) is 0 Å². The van der Waals surface area contributed by atoms with Crippen LogP contribution in [0, 0.1) is 0 Å². The molecule has 0 heterocycles. The van der Waals surface area contributed by atoms with Crippen molar-refractivity contribution < 1.29 is 19.1 Å². The van der Waals surface area contributed by atoms with E-state index in [1.807, 2.05) is 72.8 Å². The Kier molecular flexibility index (Phi) is 9.90. The minimum absolute atomic E-state index is 0.268. The Morgan fingerprint density at radius 2 is 0.941 bits per heavy atom. The summed E-state index contributed by atoms with van der Waals surface area (Å²) in [6.07, 6.45) is 5.61. The summed E-state index contributed by atoms with van der Waals surface area (Å²) < 4.78 is 11.3. The van der Waals surface area contributed by atoms with Gasteiger partial charge in [-0.15, -0.1) is 0 Å². The second-order valence-corrected chi connectivity index (χ2v) is 8.33. The van der Waals surface area contributed by atoms with Gasteiger partial charge in [-0.25, -0.2) is 9.59 Å². The second-order valence-electron chi connectivity index (χ2n) is 8.33.